The molecule has 1 aliphatic heterocycles. The van der Waals surface area contributed by atoms with E-state index in [1.807, 2.05) is 0 Å². The summed E-state index contributed by atoms with van der Waals surface area (Å²) < 4.78 is 41.7. The Bertz CT molecular complexity index is 1020. The number of hydrogen-bond acceptors (Lipinski definition) is 5. The summed E-state index contributed by atoms with van der Waals surface area (Å²) in [5.41, 5.74) is -0.678. The highest BCUT2D eigenvalue weighted by Crippen LogP contribution is 2.34. The van der Waals surface area contributed by atoms with E-state index in [-0.39, 0.29) is 41.3 Å². The zero-order valence-electron chi connectivity index (χ0n) is 16.1. The Labute approximate surface area is 170 Å². The van der Waals surface area contributed by atoms with Gasteiger partial charge < -0.3 is 0 Å². The van der Waals surface area contributed by atoms with Crippen molar-refractivity contribution in [3.63, 3.8) is 0 Å². The number of Topliss-reactive ketones (excluding diaryl/α,β-unsaturated/α-hetero) is 1. The number of likely N-dealkylation sites (tertiary alicyclic amines) is 1. The minimum Gasteiger partial charge on any atom is -0.293 e. The van der Waals surface area contributed by atoms with Crippen LogP contribution in [0.5, 0.6) is 0 Å². The third-order valence-electron chi connectivity index (χ3n) is 5.54. The standard InChI is InChI=1S/C20H21F3N4OS/c1-12-5-3-6-13(2)26(12)11-16(28)14-10-24-27-18(20(21,22)23)9-15(25-19(14)27)17-7-4-8-29-17/h4,7-10,12-13H,3,5-6,11H2,1-2H3. The molecule has 0 aliphatic carbocycles. The summed E-state index contributed by atoms with van der Waals surface area (Å²) in [6, 6.07) is 4.95. The lowest BCUT2D eigenvalue weighted by molar-refractivity contribution is -0.142. The average molecular weight is 422 g/mol. The second-order valence-electron chi connectivity index (χ2n) is 7.52. The molecule has 1 aliphatic rings. The second kappa shape index (κ2) is 7.53. The van der Waals surface area contributed by atoms with Crippen molar-refractivity contribution in [3.05, 3.63) is 41.0 Å². The normalized spacial score (nSPS) is 21.0. The first-order chi connectivity index (χ1) is 13.8. The highest BCUT2D eigenvalue weighted by Gasteiger charge is 2.36. The molecular weight excluding hydrogens is 401 g/mol. The molecule has 4 heterocycles. The summed E-state index contributed by atoms with van der Waals surface area (Å²) in [5, 5.41) is 5.63. The summed E-state index contributed by atoms with van der Waals surface area (Å²) >= 11 is 1.30. The zero-order chi connectivity index (χ0) is 20.8. The Morgan fingerprint density at radius 3 is 2.62 bits per heavy atom. The van der Waals surface area contributed by atoms with Crippen LogP contribution in [0.25, 0.3) is 16.2 Å². The first-order valence-corrected chi connectivity index (χ1v) is 10.4. The predicted octanol–water partition coefficient (Wildman–Crippen LogP) is 4.92. The monoisotopic (exact) mass is 422 g/mol. The van der Waals surface area contributed by atoms with E-state index in [4.69, 9.17) is 0 Å². The van der Waals surface area contributed by atoms with E-state index in [1.165, 1.54) is 17.5 Å². The lowest BCUT2D eigenvalue weighted by atomic mass is 9.97. The number of aromatic nitrogens is 3. The van der Waals surface area contributed by atoms with Crippen molar-refractivity contribution in [1.82, 2.24) is 19.5 Å². The van der Waals surface area contributed by atoms with Crippen molar-refractivity contribution < 1.29 is 18.0 Å². The van der Waals surface area contributed by atoms with Gasteiger partial charge in [-0.25, -0.2) is 9.50 Å². The molecule has 3 aromatic rings. The first kappa shape index (κ1) is 20.0. The molecule has 0 aromatic carbocycles. The number of hydrogen-bond donors (Lipinski definition) is 0. The fourth-order valence-corrected chi connectivity index (χ4v) is 4.64. The number of alkyl halides is 3. The molecule has 0 amide bonds. The van der Waals surface area contributed by atoms with E-state index < -0.39 is 11.9 Å². The van der Waals surface area contributed by atoms with Gasteiger partial charge in [0.1, 0.15) is 0 Å². The van der Waals surface area contributed by atoms with Crippen molar-refractivity contribution in [1.29, 1.82) is 0 Å². The van der Waals surface area contributed by atoms with Crippen LogP contribution in [-0.2, 0) is 6.18 Å². The number of carbonyl (C=O) groups is 1. The molecule has 4 rings (SSSR count). The van der Waals surface area contributed by atoms with Crippen LogP contribution in [0.1, 0.15) is 49.2 Å². The molecule has 0 N–H and O–H groups in total. The summed E-state index contributed by atoms with van der Waals surface area (Å²) in [5.74, 6) is -0.260. The van der Waals surface area contributed by atoms with E-state index >= 15 is 0 Å². The summed E-state index contributed by atoms with van der Waals surface area (Å²) in [7, 11) is 0. The minimum atomic E-state index is -4.62. The molecule has 3 aromatic heterocycles. The van der Waals surface area contributed by atoms with Gasteiger partial charge in [0.05, 0.1) is 28.9 Å². The maximum absolute atomic E-state index is 13.6. The van der Waals surface area contributed by atoms with E-state index in [0.717, 1.165) is 29.8 Å². The van der Waals surface area contributed by atoms with E-state index in [1.54, 1.807) is 17.5 Å². The molecule has 1 saturated heterocycles. The highest BCUT2D eigenvalue weighted by molar-refractivity contribution is 7.13. The molecule has 0 bridgehead atoms. The van der Waals surface area contributed by atoms with Gasteiger partial charge in [-0.15, -0.1) is 11.3 Å². The quantitative estimate of drug-likeness (QED) is 0.560. The van der Waals surface area contributed by atoms with Crippen molar-refractivity contribution in [2.24, 2.45) is 0 Å². The SMILES string of the molecule is CC1CCCC(C)N1CC(=O)c1cnn2c(C(F)(F)F)cc(-c3cccs3)nc12. The lowest BCUT2D eigenvalue weighted by Crippen LogP contribution is -2.46. The summed E-state index contributed by atoms with van der Waals surface area (Å²) in [6.45, 7) is 4.30. The largest absolute Gasteiger partial charge is 0.433 e. The summed E-state index contributed by atoms with van der Waals surface area (Å²) in [4.78, 5) is 20.1. The number of ketones is 1. The average Bonchev–Trinajstić information content (AvgIpc) is 3.32. The molecule has 29 heavy (non-hydrogen) atoms. The van der Waals surface area contributed by atoms with Gasteiger partial charge in [-0.05, 0) is 44.2 Å². The Hall–Kier alpha value is -2.26. The molecule has 2 atom stereocenters. The highest BCUT2D eigenvalue weighted by atomic mass is 32.1. The molecular formula is C20H21F3N4OS. The number of fused-ring (bicyclic) bond motifs is 1. The molecule has 0 radical (unpaired) electrons. The van der Waals surface area contributed by atoms with E-state index in [2.05, 4.69) is 28.8 Å². The van der Waals surface area contributed by atoms with Gasteiger partial charge in [-0.1, -0.05) is 12.5 Å². The second-order valence-corrected chi connectivity index (χ2v) is 8.47. The molecule has 9 heteroatoms. The van der Waals surface area contributed by atoms with Crippen LogP contribution in [0.15, 0.2) is 29.8 Å². The van der Waals surface area contributed by atoms with Gasteiger partial charge in [0.2, 0.25) is 0 Å². The molecule has 0 spiro atoms. The molecule has 2 unspecified atom stereocenters. The van der Waals surface area contributed by atoms with Crippen molar-refractivity contribution >= 4 is 22.8 Å². The number of rotatable bonds is 4. The molecule has 154 valence electrons. The lowest BCUT2D eigenvalue weighted by Gasteiger charge is -2.38. The van der Waals surface area contributed by atoms with Gasteiger partial charge in [0, 0.05) is 12.1 Å². The smallest absolute Gasteiger partial charge is 0.293 e. The Kier molecular flexibility index (Phi) is 5.20. The number of carbonyl (C=O) groups excluding carboxylic acids is 1. The fourth-order valence-electron chi connectivity index (χ4n) is 3.95. The van der Waals surface area contributed by atoms with Gasteiger partial charge in [-0.2, -0.15) is 18.3 Å². The molecule has 5 nitrogen and oxygen atoms in total. The van der Waals surface area contributed by atoms with Crippen LogP contribution in [0, 0.1) is 0 Å². The van der Waals surface area contributed by atoms with Crippen LogP contribution >= 0.6 is 11.3 Å². The van der Waals surface area contributed by atoms with Crippen LogP contribution < -0.4 is 0 Å². The van der Waals surface area contributed by atoms with Crippen LogP contribution in [0.4, 0.5) is 13.2 Å². The van der Waals surface area contributed by atoms with Gasteiger partial charge in [0.25, 0.3) is 0 Å². The first-order valence-electron chi connectivity index (χ1n) is 9.54. The Morgan fingerprint density at radius 1 is 1.28 bits per heavy atom. The van der Waals surface area contributed by atoms with Crippen LogP contribution in [0.2, 0.25) is 0 Å². The number of thiophene rings is 1. The third-order valence-corrected chi connectivity index (χ3v) is 6.43. The maximum atomic E-state index is 13.6. The minimum absolute atomic E-state index is 0.0504. The fraction of sp³-hybridized carbons (Fsp3) is 0.450. The van der Waals surface area contributed by atoms with Crippen molar-refractivity contribution in [2.45, 2.75) is 51.4 Å². The van der Waals surface area contributed by atoms with Crippen LogP contribution in [-0.4, -0.2) is 43.9 Å². The number of piperidine rings is 1. The Morgan fingerprint density at radius 2 is 2.00 bits per heavy atom. The van der Waals surface area contributed by atoms with Gasteiger partial charge in [-0.3, -0.25) is 9.69 Å². The number of nitrogens with zero attached hydrogens (tertiary/aromatic N) is 4. The maximum Gasteiger partial charge on any atom is 0.433 e. The van der Waals surface area contributed by atoms with Gasteiger partial charge >= 0.3 is 6.18 Å². The zero-order valence-corrected chi connectivity index (χ0v) is 16.9. The van der Waals surface area contributed by atoms with Crippen molar-refractivity contribution in [3.8, 4) is 10.6 Å². The van der Waals surface area contributed by atoms with Gasteiger partial charge in [0.15, 0.2) is 17.1 Å². The van der Waals surface area contributed by atoms with Crippen LogP contribution in [0.3, 0.4) is 0 Å². The molecule has 1 fully saturated rings. The topological polar surface area (TPSA) is 50.5 Å². The molecule has 0 saturated carbocycles. The summed E-state index contributed by atoms with van der Waals surface area (Å²) in [6.07, 6.45) is -0.284. The van der Waals surface area contributed by atoms with E-state index in [0.29, 0.717) is 4.88 Å². The number of halogens is 3. The van der Waals surface area contributed by atoms with Crippen molar-refractivity contribution in [2.75, 3.05) is 6.54 Å². The Balaban J connectivity index is 1.77. The predicted molar refractivity (Wildman–Crippen MR) is 105 cm³/mol. The third kappa shape index (κ3) is 3.81. The van der Waals surface area contributed by atoms with E-state index in [9.17, 15) is 18.0 Å².